The van der Waals surface area contributed by atoms with Crippen molar-refractivity contribution in [2.75, 3.05) is 37.8 Å². The molecule has 4 aromatic rings. The van der Waals surface area contributed by atoms with Crippen LogP contribution < -0.4 is 21.3 Å². The molecular weight excluding hydrogens is 809 g/mol. The molecule has 314 valence electrons. The highest BCUT2D eigenvalue weighted by Crippen LogP contribution is 2.45. The van der Waals surface area contributed by atoms with Gasteiger partial charge in [0.1, 0.15) is 25.3 Å². The van der Waals surface area contributed by atoms with E-state index in [0.717, 1.165) is 44.5 Å². The van der Waals surface area contributed by atoms with E-state index in [1.807, 2.05) is 97.1 Å². The van der Waals surface area contributed by atoms with Gasteiger partial charge in [-0.1, -0.05) is 119 Å². The molecule has 0 aliphatic heterocycles. The van der Waals surface area contributed by atoms with Gasteiger partial charge in [0, 0.05) is 49.3 Å². The molecule has 0 unspecified atom stereocenters. The number of benzene rings is 4. The molecule has 0 bridgehead atoms. The third-order valence-electron chi connectivity index (χ3n) is 10.3. The Hall–Kier alpha value is -6.00. The van der Waals surface area contributed by atoms with E-state index in [0.29, 0.717) is 11.5 Å². The molecule has 0 heterocycles. The standard InChI is InChI=1S/C44H46N4O10S2/c49-39(50)19-17-37(47-43(55)57-25-35-31-13-5-1-9-27(31)28-10-2-6-14-32(28)35)41(53)45-21-23-59-60-24-22-46-42(54)38(18-20-40(51)52)48-44(56)58-26-36-33-15-7-3-11-29(33)30-12-4-8-16-34(30)36/h1-16,35-38H,17-26H2,(H,45,53)(H,46,54)(H,47,55)(H,48,56)(H,49,50)(H,51,52)/t37-,38-/m0/s1. The molecule has 4 amide bonds. The second-order valence-electron chi connectivity index (χ2n) is 14.1. The third-order valence-corrected chi connectivity index (χ3v) is 12.7. The Morgan fingerprint density at radius 1 is 0.517 bits per heavy atom. The number of alkyl carbamates (subject to hydrolysis) is 2. The number of hydrogen-bond donors (Lipinski definition) is 6. The molecule has 16 heteroatoms. The van der Waals surface area contributed by atoms with Crippen LogP contribution in [0.2, 0.25) is 0 Å². The monoisotopic (exact) mass is 854 g/mol. The first-order chi connectivity index (χ1) is 29.1. The topological polar surface area (TPSA) is 209 Å². The largest absolute Gasteiger partial charge is 0.481 e. The highest BCUT2D eigenvalue weighted by atomic mass is 33.1. The molecule has 0 saturated heterocycles. The van der Waals surface area contributed by atoms with Gasteiger partial charge >= 0.3 is 24.1 Å². The molecule has 0 aromatic heterocycles. The minimum Gasteiger partial charge on any atom is -0.481 e. The number of amides is 4. The SMILES string of the molecule is O=C(O)CC[C@H](NC(=O)OCC1c2ccccc2-c2ccccc21)C(=O)NCCSSCCNC(=O)[C@H](CCC(=O)O)NC(=O)OCC1c2ccccc2-c2ccccc21. The summed E-state index contributed by atoms with van der Waals surface area (Å²) in [5, 5.41) is 29.0. The average Bonchev–Trinajstić information content (AvgIpc) is 3.75. The molecule has 0 fully saturated rings. The van der Waals surface area contributed by atoms with E-state index >= 15 is 0 Å². The summed E-state index contributed by atoms with van der Waals surface area (Å²) in [7, 11) is 2.84. The number of carboxylic acids is 2. The summed E-state index contributed by atoms with van der Waals surface area (Å²) in [4.78, 5) is 74.4. The van der Waals surface area contributed by atoms with Crippen molar-refractivity contribution < 1.29 is 48.5 Å². The number of nitrogens with one attached hydrogen (secondary N) is 4. The van der Waals surface area contributed by atoms with Crippen LogP contribution in [0.25, 0.3) is 22.3 Å². The first kappa shape index (κ1) is 43.6. The van der Waals surface area contributed by atoms with E-state index in [1.54, 1.807) is 0 Å². The first-order valence-electron chi connectivity index (χ1n) is 19.6. The van der Waals surface area contributed by atoms with Gasteiger partial charge in [-0.15, -0.1) is 0 Å². The van der Waals surface area contributed by atoms with Crippen LogP contribution in [0.5, 0.6) is 0 Å². The number of carboxylic acid groups (broad SMARTS) is 2. The highest BCUT2D eigenvalue weighted by molar-refractivity contribution is 8.76. The lowest BCUT2D eigenvalue weighted by Gasteiger charge is -2.19. The number of ether oxygens (including phenoxy) is 2. The summed E-state index contributed by atoms with van der Waals surface area (Å²) in [5.74, 6) is -2.73. The molecule has 6 N–H and O–H groups in total. The summed E-state index contributed by atoms with van der Waals surface area (Å²) in [5.41, 5.74) is 8.43. The van der Waals surface area contributed by atoms with Gasteiger partial charge in [0.25, 0.3) is 0 Å². The minimum atomic E-state index is -1.12. The summed E-state index contributed by atoms with van der Waals surface area (Å²) in [6.45, 7) is 0.527. The van der Waals surface area contributed by atoms with Crippen LogP contribution in [0, 0.1) is 0 Å². The third kappa shape index (κ3) is 11.4. The van der Waals surface area contributed by atoms with Crippen molar-refractivity contribution in [1.82, 2.24) is 21.3 Å². The van der Waals surface area contributed by atoms with E-state index < -0.39 is 48.0 Å². The second kappa shape index (κ2) is 21.3. The fourth-order valence-corrected chi connectivity index (χ4v) is 9.25. The number of rotatable bonds is 21. The Balaban J connectivity index is 0.891. The predicted octanol–water partition coefficient (Wildman–Crippen LogP) is 6.14. The normalized spacial score (nSPS) is 13.4. The van der Waals surface area contributed by atoms with E-state index in [2.05, 4.69) is 21.3 Å². The van der Waals surface area contributed by atoms with E-state index in [4.69, 9.17) is 9.47 Å². The molecule has 2 atom stereocenters. The van der Waals surface area contributed by atoms with Gasteiger partial charge in [-0.2, -0.15) is 0 Å². The Morgan fingerprint density at radius 3 is 1.15 bits per heavy atom. The lowest BCUT2D eigenvalue weighted by molar-refractivity contribution is -0.138. The Labute approximate surface area is 355 Å². The number of carbonyl (C=O) groups is 6. The van der Waals surface area contributed by atoms with Crippen LogP contribution in [-0.4, -0.2) is 96.0 Å². The van der Waals surface area contributed by atoms with Crippen molar-refractivity contribution in [3.05, 3.63) is 119 Å². The summed E-state index contributed by atoms with van der Waals surface area (Å²) in [6, 6.07) is 29.3. The van der Waals surface area contributed by atoms with Gasteiger partial charge in [-0.05, 0) is 57.3 Å². The van der Waals surface area contributed by atoms with Gasteiger partial charge in [0.15, 0.2) is 0 Å². The Morgan fingerprint density at radius 2 is 0.833 bits per heavy atom. The lowest BCUT2D eigenvalue weighted by Crippen LogP contribution is -2.47. The van der Waals surface area contributed by atoms with Crippen LogP contribution in [0.4, 0.5) is 9.59 Å². The van der Waals surface area contributed by atoms with Gasteiger partial charge in [0.2, 0.25) is 11.8 Å². The molecule has 4 aromatic carbocycles. The van der Waals surface area contributed by atoms with Gasteiger partial charge in [-0.25, -0.2) is 9.59 Å². The lowest BCUT2D eigenvalue weighted by atomic mass is 9.98. The second-order valence-corrected chi connectivity index (χ2v) is 16.8. The number of fused-ring (bicyclic) bond motifs is 6. The van der Waals surface area contributed by atoms with Crippen molar-refractivity contribution in [3.63, 3.8) is 0 Å². The maximum absolute atomic E-state index is 13.0. The summed E-state index contributed by atoms with van der Waals surface area (Å²) in [6.07, 6.45) is -2.58. The fraction of sp³-hybridized carbons (Fsp3) is 0.318. The van der Waals surface area contributed by atoms with Crippen molar-refractivity contribution in [2.24, 2.45) is 0 Å². The van der Waals surface area contributed by atoms with Gasteiger partial charge < -0.3 is 41.0 Å². The molecule has 60 heavy (non-hydrogen) atoms. The van der Waals surface area contributed by atoms with Gasteiger partial charge in [0.05, 0.1) is 0 Å². The maximum atomic E-state index is 13.0. The molecule has 14 nitrogen and oxygen atoms in total. The molecule has 2 aliphatic carbocycles. The zero-order chi connectivity index (χ0) is 42.4. The molecule has 2 aliphatic rings. The van der Waals surface area contributed by atoms with Gasteiger partial charge in [-0.3, -0.25) is 19.2 Å². The molecule has 0 spiro atoms. The number of aliphatic carboxylic acids is 2. The average molecular weight is 855 g/mol. The summed E-state index contributed by atoms with van der Waals surface area (Å²) < 4.78 is 11.1. The zero-order valence-electron chi connectivity index (χ0n) is 32.6. The summed E-state index contributed by atoms with van der Waals surface area (Å²) >= 11 is 0. The quantitative estimate of drug-likeness (QED) is 0.0413. The van der Waals surface area contributed by atoms with E-state index in [9.17, 15) is 39.0 Å². The van der Waals surface area contributed by atoms with E-state index in [-0.39, 0.29) is 63.8 Å². The highest BCUT2D eigenvalue weighted by Gasteiger charge is 2.31. The van der Waals surface area contributed by atoms with Crippen LogP contribution in [0.15, 0.2) is 97.1 Å². The predicted molar refractivity (Wildman–Crippen MR) is 229 cm³/mol. The van der Waals surface area contributed by atoms with E-state index in [1.165, 1.54) is 21.6 Å². The van der Waals surface area contributed by atoms with Crippen LogP contribution in [0.3, 0.4) is 0 Å². The maximum Gasteiger partial charge on any atom is 0.407 e. The fourth-order valence-electron chi connectivity index (χ4n) is 7.43. The number of carbonyl (C=O) groups excluding carboxylic acids is 4. The molecule has 0 saturated carbocycles. The molecule has 0 radical (unpaired) electrons. The van der Waals surface area contributed by atoms with Crippen LogP contribution >= 0.6 is 21.6 Å². The zero-order valence-corrected chi connectivity index (χ0v) is 34.2. The Kier molecular flexibility index (Phi) is 15.5. The molecular formula is C44H46N4O10S2. The first-order valence-corrected chi connectivity index (χ1v) is 22.1. The Bertz CT molecular complexity index is 1960. The van der Waals surface area contributed by atoms with Crippen molar-refractivity contribution in [3.8, 4) is 22.3 Å². The van der Waals surface area contributed by atoms with Crippen molar-refractivity contribution in [1.29, 1.82) is 0 Å². The minimum absolute atomic E-state index is 0.0412. The smallest absolute Gasteiger partial charge is 0.407 e. The molecule has 6 rings (SSSR count). The van der Waals surface area contributed by atoms with Crippen molar-refractivity contribution >= 4 is 57.5 Å². The number of hydrogen-bond acceptors (Lipinski definition) is 10. The van der Waals surface area contributed by atoms with Crippen LogP contribution in [-0.2, 0) is 28.7 Å². The van der Waals surface area contributed by atoms with Crippen LogP contribution in [0.1, 0.15) is 59.8 Å². The van der Waals surface area contributed by atoms with Crippen molar-refractivity contribution in [2.45, 2.75) is 49.6 Å².